The number of rotatable bonds is 6. The molecule has 0 rings (SSSR count). The summed E-state index contributed by atoms with van der Waals surface area (Å²) < 4.78 is 36.3. The number of carboxylic acid groups (broad SMARTS) is 5. The minimum absolute atomic E-state index is 0. The third-order valence-corrected chi connectivity index (χ3v) is 2.29. The van der Waals surface area contributed by atoms with Crippen LogP contribution in [0.4, 0.5) is 4.79 Å². The molecule has 0 amide bonds. The van der Waals surface area contributed by atoms with Crippen molar-refractivity contribution in [2.45, 2.75) is 18.4 Å². The predicted octanol–water partition coefficient (Wildman–Crippen LogP) is -2.37. The summed E-state index contributed by atoms with van der Waals surface area (Å²) >= 11 is 0. The molecule has 0 fully saturated rings. The Labute approximate surface area is 147 Å². The summed E-state index contributed by atoms with van der Waals surface area (Å²) in [6, 6.07) is 0. The molecule has 6 N–H and O–H groups in total. The fraction of sp³-hybridized carbons (Fsp3) is 0.429. The molecular formula is C7H10FeO14S2. The first kappa shape index (κ1) is 30.3. The van der Waals surface area contributed by atoms with Crippen molar-refractivity contribution >= 4 is 44.3 Å². The van der Waals surface area contributed by atoms with Gasteiger partial charge in [0.2, 0.25) is 0 Å². The number of carboxylic acids is 3. The van der Waals surface area contributed by atoms with Gasteiger partial charge in [-0.15, -0.1) is 0 Å². The minimum atomic E-state index is -2.95. The van der Waals surface area contributed by atoms with E-state index in [0.29, 0.717) is 0 Å². The van der Waals surface area contributed by atoms with Gasteiger partial charge >= 0.3 is 41.1 Å². The molecule has 2 atom stereocenters. The average molecular weight is 438 g/mol. The monoisotopic (exact) mass is 438 g/mol. The normalized spacial score (nSPS) is 11.8. The van der Waals surface area contributed by atoms with Crippen LogP contribution in [0.2, 0.25) is 0 Å². The Morgan fingerprint density at radius 1 is 0.792 bits per heavy atom. The van der Waals surface area contributed by atoms with Crippen LogP contribution in [0.5, 0.6) is 0 Å². The number of aliphatic hydroxyl groups is 1. The second-order valence-electron chi connectivity index (χ2n) is 3.17. The molecule has 0 spiro atoms. The molecule has 0 aromatic heterocycles. The van der Waals surface area contributed by atoms with Crippen LogP contribution in [0.25, 0.3) is 0 Å². The molecule has 0 bridgehead atoms. The molecule has 17 heteroatoms. The van der Waals surface area contributed by atoms with Crippen molar-refractivity contribution in [3.8, 4) is 0 Å². The molecule has 0 heterocycles. The van der Waals surface area contributed by atoms with E-state index in [-0.39, 0.29) is 17.1 Å². The Kier molecular flexibility index (Phi) is 18.8. The van der Waals surface area contributed by atoms with Gasteiger partial charge in [0.15, 0.2) is 5.60 Å². The van der Waals surface area contributed by atoms with Gasteiger partial charge in [0, 0.05) is 20.2 Å². The Hall–Kier alpha value is -1.62. The zero-order valence-electron chi connectivity index (χ0n) is 11.0. The number of carbonyl (C=O) groups is 4. The van der Waals surface area contributed by atoms with Gasteiger partial charge in [0.05, 0.1) is 12.8 Å². The van der Waals surface area contributed by atoms with Crippen molar-refractivity contribution in [2.75, 3.05) is 0 Å². The van der Waals surface area contributed by atoms with Crippen molar-refractivity contribution in [1.29, 1.82) is 0 Å². The van der Waals surface area contributed by atoms with E-state index in [9.17, 15) is 14.4 Å². The number of hydrogen-bond acceptors (Lipinski definition) is 9. The van der Waals surface area contributed by atoms with Crippen molar-refractivity contribution in [1.82, 2.24) is 0 Å². The van der Waals surface area contributed by atoms with E-state index in [1.807, 2.05) is 0 Å². The molecule has 0 saturated carbocycles. The van der Waals surface area contributed by atoms with Crippen LogP contribution in [-0.2, 0) is 51.7 Å². The maximum Gasteiger partial charge on any atom is 2.00 e. The first-order valence-electron chi connectivity index (χ1n) is 4.66. The van der Waals surface area contributed by atoms with Crippen LogP contribution < -0.4 is 0 Å². The quantitative estimate of drug-likeness (QED) is 0.144. The summed E-state index contributed by atoms with van der Waals surface area (Å²) in [5.41, 5.74) is -2.74. The molecule has 0 aliphatic heterocycles. The van der Waals surface area contributed by atoms with Crippen molar-refractivity contribution in [3.05, 3.63) is 0 Å². The predicted molar refractivity (Wildman–Crippen MR) is 65.6 cm³/mol. The van der Waals surface area contributed by atoms with E-state index in [4.69, 9.17) is 53.0 Å². The Morgan fingerprint density at radius 3 is 1.08 bits per heavy atom. The van der Waals surface area contributed by atoms with Gasteiger partial charge in [-0.25, -0.2) is 9.59 Å². The summed E-state index contributed by atoms with van der Waals surface area (Å²) in [7, 11) is -5.90. The Bertz CT molecular complexity index is 458. The third kappa shape index (κ3) is 22.7. The molecule has 0 aliphatic rings. The van der Waals surface area contributed by atoms with Gasteiger partial charge in [-0.2, -0.15) is 0 Å². The van der Waals surface area contributed by atoms with Gasteiger partial charge in [0.25, 0.3) is 0 Å². The molecule has 0 aliphatic carbocycles. The molecule has 14 nitrogen and oxygen atoms in total. The van der Waals surface area contributed by atoms with E-state index in [1.54, 1.807) is 0 Å². The van der Waals surface area contributed by atoms with Crippen LogP contribution in [0.3, 0.4) is 0 Å². The van der Waals surface area contributed by atoms with Crippen molar-refractivity contribution in [2.24, 2.45) is 0 Å². The molecular weight excluding hydrogens is 428 g/mol. The largest absolute Gasteiger partial charge is 2.00 e. The summed E-state index contributed by atoms with van der Waals surface area (Å²) in [6.45, 7) is 0. The second kappa shape index (κ2) is 14.9. The number of aliphatic carboxylic acids is 3. The molecule has 0 radical (unpaired) electrons. The maximum absolute atomic E-state index is 10.3. The minimum Gasteiger partial charge on any atom is -0.763 e. The topological polar surface area (TPSA) is 270 Å². The summed E-state index contributed by atoms with van der Waals surface area (Å²) in [5.74, 6) is -5.02. The van der Waals surface area contributed by atoms with E-state index in [2.05, 4.69) is 0 Å². The molecule has 2 unspecified atom stereocenters. The van der Waals surface area contributed by atoms with Crippen LogP contribution >= 0.6 is 0 Å². The standard InChI is InChI=1S/C6H8O7.CH2O3.Fe.H2O4S2/c7-3(8)1-6(13,5(11)12)2-4(9)10;2-1(3)4;;1-5(2)6(3)4/h13H,1-2H2,(H,7,8)(H,9,10)(H,11,12);(H2,2,3,4);;(H,1,2)(H,3,4)/q;;+2;/p-2. The zero-order valence-corrected chi connectivity index (χ0v) is 13.8. The molecule has 142 valence electrons. The van der Waals surface area contributed by atoms with Crippen LogP contribution in [0.15, 0.2) is 0 Å². The Balaban J connectivity index is -0.000000152. The van der Waals surface area contributed by atoms with Crippen molar-refractivity contribution < 1.29 is 84.4 Å². The van der Waals surface area contributed by atoms with Gasteiger partial charge in [-0.05, 0) is 0 Å². The third-order valence-electron chi connectivity index (χ3n) is 1.40. The molecule has 24 heavy (non-hydrogen) atoms. The zero-order chi connectivity index (χ0) is 19.4. The van der Waals surface area contributed by atoms with E-state index < -0.39 is 62.7 Å². The van der Waals surface area contributed by atoms with E-state index in [1.165, 1.54) is 0 Å². The van der Waals surface area contributed by atoms with Crippen LogP contribution in [0, 0.1) is 0 Å². The molecule has 0 aromatic carbocycles. The van der Waals surface area contributed by atoms with Gasteiger partial charge in [-0.1, -0.05) is 0 Å². The first-order chi connectivity index (χ1) is 10.2. The van der Waals surface area contributed by atoms with Gasteiger partial charge in [-0.3, -0.25) is 18.0 Å². The Morgan fingerprint density at radius 2 is 1.00 bits per heavy atom. The average Bonchev–Trinajstić information content (AvgIpc) is 2.25. The fourth-order valence-corrected chi connectivity index (χ4v) is 0.714. The van der Waals surface area contributed by atoms with Crippen molar-refractivity contribution in [3.63, 3.8) is 0 Å². The fourth-order valence-electron chi connectivity index (χ4n) is 0.714. The van der Waals surface area contributed by atoms with Crippen LogP contribution in [0.1, 0.15) is 12.8 Å². The molecule has 0 aromatic rings. The van der Waals surface area contributed by atoms with Crippen LogP contribution in [-0.4, -0.2) is 77.8 Å². The SMILES string of the molecule is O=C(O)CC(O)(CC(=O)O)C(=O)O.O=C(O)O.O=S([O-])S(=O)[O-].[Fe+2]. The molecule has 0 saturated heterocycles. The van der Waals surface area contributed by atoms with Gasteiger partial charge in [0.1, 0.15) is 0 Å². The van der Waals surface area contributed by atoms with E-state index in [0.717, 1.165) is 0 Å². The second-order valence-corrected chi connectivity index (χ2v) is 5.62. The van der Waals surface area contributed by atoms with E-state index >= 15 is 0 Å². The maximum atomic E-state index is 10.3. The summed E-state index contributed by atoms with van der Waals surface area (Å²) in [6.07, 6.45) is -4.12. The summed E-state index contributed by atoms with van der Waals surface area (Å²) in [5, 5.41) is 47.8. The smallest absolute Gasteiger partial charge is 0.763 e. The summed E-state index contributed by atoms with van der Waals surface area (Å²) in [4.78, 5) is 39.0. The first-order valence-corrected chi connectivity index (χ1v) is 7.32. The van der Waals surface area contributed by atoms with Gasteiger partial charge < -0.3 is 39.7 Å². The number of hydrogen-bond donors (Lipinski definition) is 6.